The fourth-order valence-electron chi connectivity index (χ4n) is 4.15. The van der Waals surface area contributed by atoms with Crippen LogP contribution in [-0.2, 0) is 10.2 Å². The molecule has 4 rings (SSSR count). The minimum Gasteiger partial charge on any atom is -0.331 e. The molecule has 1 saturated heterocycles. The van der Waals surface area contributed by atoms with E-state index in [0.29, 0.717) is 13.1 Å². The van der Waals surface area contributed by atoms with Gasteiger partial charge in [0.15, 0.2) is 11.6 Å². The molecule has 2 aliphatic heterocycles. The zero-order chi connectivity index (χ0) is 19.3. The highest BCUT2D eigenvalue weighted by atomic mass is 19.2. The summed E-state index contributed by atoms with van der Waals surface area (Å²) in [7, 11) is 0. The lowest BCUT2D eigenvalue weighted by molar-refractivity contribution is -0.140. The van der Waals surface area contributed by atoms with Crippen molar-refractivity contribution in [2.75, 3.05) is 19.6 Å². The highest BCUT2D eigenvalue weighted by molar-refractivity contribution is 5.97. The summed E-state index contributed by atoms with van der Waals surface area (Å²) in [6.45, 7) is 5.06. The van der Waals surface area contributed by atoms with Crippen molar-refractivity contribution in [1.29, 1.82) is 0 Å². The maximum atomic E-state index is 13.5. The molecule has 2 aromatic rings. The molecule has 0 spiro atoms. The number of amides is 2. The molecule has 2 aliphatic rings. The number of benzene rings is 2. The first-order valence-electron chi connectivity index (χ1n) is 8.91. The van der Waals surface area contributed by atoms with Crippen molar-refractivity contribution in [2.24, 2.45) is 0 Å². The van der Waals surface area contributed by atoms with Crippen molar-refractivity contribution in [2.45, 2.75) is 25.3 Å². The van der Waals surface area contributed by atoms with E-state index in [1.807, 2.05) is 23.1 Å². The van der Waals surface area contributed by atoms with Crippen LogP contribution in [0.1, 0.15) is 41.4 Å². The van der Waals surface area contributed by atoms with Gasteiger partial charge in [0.2, 0.25) is 5.91 Å². The van der Waals surface area contributed by atoms with Gasteiger partial charge in [0, 0.05) is 24.1 Å². The molecule has 0 radical (unpaired) electrons. The minimum atomic E-state index is -1.07. The van der Waals surface area contributed by atoms with E-state index in [-0.39, 0.29) is 29.5 Å². The first-order chi connectivity index (χ1) is 12.8. The summed E-state index contributed by atoms with van der Waals surface area (Å²) in [5.74, 6) is -2.68. The van der Waals surface area contributed by atoms with Crippen LogP contribution in [0, 0.1) is 11.6 Å². The van der Waals surface area contributed by atoms with Gasteiger partial charge in [-0.15, -0.1) is 0 Å². The molecule has 1 atom stereocenters. The second-order valence-corrected chi connectivity index (χ2v) is 7.82. The zero-order valence-corrected chi connectivity index (χ0v) is 15.2. The predicted octanol–water partition coefficient (Wildman–Crippen LogP) is 3.28. The van der Waals surface area contributed by atoms with Gasteiger partial charge in [-0.2, -0.15) is 0 Å². The highest BCUT2D eigenvalue weighted by Crippen LogP contribution is 2.41. The maximum Gasteiger partial charge on any atom is 0.254 e. The molecule has 1 fully saturated rings. The van der Waals surface area contributed by atoms with E-state index in [0.717, 1.165) is 17.7 Å². The van der Waals surface area contributed by atoms with Gasteiger partial charge in [0.25, 0.3) is 5.91 Å². The first-order valence-corrected chi connectivity index (χ1v) is 8.91. The molecule has 0 bridgehead atoms. The van der Waals surface area contributed by atoms with Crippen LogP contribution in [0.25, 0.3) is 0 Å². The Bertz CT molecular complexity index is 942. The Balaban J connectivity index is 1.68. The summed E-state index contributed by atoms with van der Waals surface area (Å²) in [6, 6.07) is 10.8. The van der Waals surface area contributed by atoms with Crippen molar-refractivity contribution in [3.8, 4) is 0 Å². The number of carbonyl (C=O) groups excluding carboxylic acids is 2. The van der Waals surface area contributed by atoms with E-state index in [9.17, 15) is 18.4 Å². The van der Waals surface area contributed by atoms with Gasteiger partial charge in [0.05, 0.1) is 6.04 Å². The van der Waals surface area contributed by atoms with Crippen LogP contribution in [0.4, 0.5) is 8.78 Å². The standard InChI is InChI=1S/C21H20F2N2O2/c1-21(2)12-25-18(14-5-3-4-6-15(14)21)10-24(11-19(25)26)20(27)13-7-8-16(22)17(23)9-13/h3-9,18H,10-12H2,1-2H3. The Labute approximate surface area is 156 Å². The molecular formula is C21H20F2N2O2. The lowest BCUT2D eigenvalue weighted by Crippen LogP contribution is -2.58. The Morgan fingerprint density at radius 3 is 2.59 bits per heavy atom. The monoisotopic (exact) mass is 370 g/mol. The quantitative estimate of drug-likeness (QED) is 0.773. The summed E-state index contributed by atoms with van der Waals surface area (Å²) in [4.78, 5) is 28.8. The van der Waals surface area contributed by atoms with Crippen LogP contribution in [0.3, 0.4) is 0 Å². The predicted molar refractivity (Wildman–Crippen MR) is 96.2 cm³/mol. The number of hydrogen-bond donors (Lipinski definition) is 0. The number of piperazine rings is 1. The molecule has 6 heteroatoms. The molecule has 0 saturated carbocycles. The SMILES string of the molecule is CC1(C)CN2C(=O)CN(C(=O)c3ccc(F)c(F)c3)CC2c2ccccc21. The number of rotatable bonds is 1. The van der Waals surface area contributed by atoms with Crippen LogP contribution >= 0.6 is 0 Å². The highest BCUT2D eigenvalue weighted by Gasteiger charge is 2.44. The number of halogens is 2. The Morgan fingerprint density at radius 1 is 1.11 bits per heavy atom. The number of carbonyl (C=O) groups is 2. The van der Waals surface area contributed by atoms with Gasteiger partial charge in [0.1, 0.15) is 6.54 Å². The molecule has 2 aromatic carbocycles. The third-order valence-electron chi connectivity index (χ3n) is 5.48. The van der Waals surface area contributed by atoms with E-state index >= 15 is 0 Å². The van der Waals surface area contributed by atoms with E-state index in [2.05, 4.69) is 19.9 Å². The van der Waals surface area contributed by atoms with Crippen molar-refractivity contribution >= 4 is 11.8 Å². The summed E-state index contributed by atoms with van der Waals surface area (Å²) in [6.07, 6.45) is 0. The molecule has 2 heterocycles. The second-order valence-electron chi connectivity index (χ2n) is 7.82. The lowest BCUT2D eigenvalue weighted by atomic mass is 9.75. The average Bonchev–Trinajstić information content (AvgIpc) is 2.64. The van der Waals surface area contributed by atoms with E-state index < -0.39 is 17.5 Å². The molecule has 0 aromatic heterocycles. The zero-order valence-electron chi connectivity index (χ0n) is 15.2. The maximum absolute atomic E-state index is 13.5. The molecule has 0 aliphatic carbocycles. The van der Waals surface area contributed by atoms with E-state index in [1.54, 1.807) is 0 Å². The summed E-state index contributed by atoms with van der Waals surface area (Å²) < 4.78 is 26.7. The summed E-state index contributed by atoms with van der Waals surface area (Å²) in [5.41, 5.74) is 2.07. The Kier molecular flexibility index (Phi) is 4.02. The topological polar surface area (TPSA) is 40.6 Å². The third-order valence-corrected chi connectivity index (χ3v) is 5.48. The molecule has 1 unspecified atom stereocenters. The first kappa shape index (κ1) is 17.6. The van der Waals surface area contributed by atoms with Gasteiger partial charge in [-0.05, 0) is 29.3 Å². The van der Waals surface area contributed by atoms with Crippen LogP contribution in [-0.4, -0.2) is 41.2 Å². The molecule has 27 heavy (non-hydrogen) atoms. The van der Waals surface area contributed by atoms with Crippen molar-refractivity contribution < 1.29 is 18.4 Å². The van der Waals surface area contributed by atoms with Crippen molar-refractivity contribution in [3.63, 3.8) is 0 Å². The smallest absolute Gasteiger partial charge is 0.254 e. The number of nitrogens with zero attached hydrogens (tertiary/aromatic N) is 2. The van der Waals surface area contributed by atoms with E-state index in [4.69, 9.17) is 0 Å². The molecule has 4 nitrogen and oxygen atoms in total. The Morgan fingerprint density at radius 2 is 1.85 bits per heavy atom. The van der Waals surface area contributed by atoms with Gasteiger partial charge >= 0.3 is 0 Å². The fraction of sp³-hybridized carbons (Fsp3) is 0.333. The number of fused-ring (bicyclic) bond motifs is 3. The van der Waals surface area contributed by atoms with Crippen molar-refractivity contribution in [3.05, 3.63) is 70.8 Å². The molecule has 140 valence electrons. The summed E-state index contributed by atoms with van der Waals surface area (Å²) in [5, 5.41) is 0. The van der Waals surface area contributed by atoms with Gasteiger partial charge in [-0.25, -0.2) is 8.78 Å². The molecule has 2 amide bonds. The van der Waals surface area contributed by atoms with Gasteiger partial charge in [-0.3, -0.25) is 9.59 Å². The fourth-order valence-corrected chi connectivity index (χ4v) is 4.15. The van der Waals surface area contributed by atoms with Crippen molar-refractivity contribution in [1.82, 2.24) is 9.80 Å². The van der Waals surface area contributed by atoms with Crippen LogP contribution in [0.5, 0.6) is 0 Å². The molecular weight excluding hydrogens is 350 g/mol. The van der Waals surface area contributed by atoms with Crippen LogP contribution < -0.4 is 0 Å². The normalized spacial score (nSPS) is 20.9. The average molecular weight is 370 g/mol. The van der Waals surface area contributed by atoms with E-state index in [1.165, 1.54) is 16.5 Å². The van der Waals surface area contributed by atoms with Crippen LogP contribution in [0.15, 0.2) is 42.5 Å². The third kappa shape index (κ3) is 2.89. The summed E-state index contributed by atoms with van der Waals surface area (Å²) >= 11 is 0. The number of hydrogen-bond acceptors (Lipinski definition) is 2. The van der Waals surface area contributed by atoms with Crippen LogP contribution in [0.2, 0.25) is 0 Å². The van der Waals surface area contributed by atoms with Gasteiger partial charge in [-0.1, -0.05) is 38.1 Å². The Hall–Kier alpha value is -2.76. The second kappa shape index (κ2) is 6.15. The largest absolute Gasteiger partial charge is 0.331 e. The lowest BCUT2D eigenvalue weighted by Gasteiger charge is -2.49. The van der Waals surface area contributed by atoms with Gasteiger partial charge < -0.3 is 9.80 Å². The molecule has 0 N–H and O–H groups in total. The minimum absolute atomic E-state index is 0.0413.